The molecule has 0 aliphatic carbocycles. The van der Waals surface area contributed by atoms with Gasteiger partial charge in [0.25, 0.3) is 5.91 Å². The number of aryl methyl sites for hydroxylation is 1. The number of rotatable bonds is 7. The highest BCUT2D eigenvalue weighted by Crippen LogP contribution is 2.21. The van der Waals surface area contributed by atoms with Crippen molar-refractivity contribution in [1.82, 2.24) is 30.0 Å². The first-order valence-corrected chi connectivity index (χ1v) is 13.9. The van der Waals surface area contributed by atoms with Gasteiger partial charge < -0.3 is 24.6 Å². The number of allylic oxidation sites excluding steroid dienone is 5. The minimum Gasteiger partial charge on any atom is -0.446 e. The first-order chi connectivity index (χ1) is 19.1. The number of amides is 2. The van der Waals surface area contributed by atoms with E-state index >= 15 is 0 Å². The van der Waals surface area contributed by atoms with E-state index in [0.29, 0.717) is 25.2 Å². The lowest BCUT2D eigenvalue weighted by atomic mass is 10.0. The summed E-state index contributed by atoms with van der Waals surface area (Å²) in [6.07, 6.45) is 12.6. The molecular weight excluding hydrogens is 508 g/mol. The molecule has 2 N–H and O–H groups in total. The minimum absolute atomic E-state index is 0.0886. The van der Waals surface area contributed by atoms with Crippen molar-refractivity contribution in [3.8, 4) is 0 Å². The number of hydrogen-bond acceptors (Lipinski definition) is 7. The molecule has 2 amide bonds. The molecule has 40 heavy (non-hydrogen) atoms. The fraction of sp³-hybridized carbons (Fsp3) is 0.500. The van der Waals surface area contributed by atoms with Gasteiger partial charge in [-0.25, -0.2) is 4.79 Å². The van der Waals surface area contributed by atoms with Crippen LogP contribution in [0.1, 0.15) is 87.6 Å². The maximum absolute atomic E-state index is 12.9. The fourth-order valence-corrected chi connectivity index (χ4v) is 4.27. The Labute approximate surface area is 236 Å². The van der Waals surface area contributed by atoms with Crippen molar-refractivity contribution in [1.29, 1.82) is 0 Å². The Morgan fingerprint density at radius 1 is 1.18 bits per heavy atom. The smallest absolute Gasteiger partial charge is 0.410 e. The molecule has 2 aromatic rings. The highest BCUT2D eigenvalue weighted by atomic mass is 16.6. The van der Waals surface area contributed by atoms with Crippen molar-refractivity contribution in [2.24, 2.45) is 0 Å². The summed E-state index contributed by atoms with van der Waals surface area (Å²) in [7, 11) is 0. The van der Waals surface area contributed by atoms with Crippen LogP contribution in [0.25, 0.3) is 5.57 Å². The van der Waals surface area contributed by atoms with E-state index in [-0.39, 0.29) is 18.2 Å². The monoisotopic (exact) mass is 550 g/mol. The molecule has 2 aromatic heterocycles. The summed E-state index contributed by atoms with van der Waals surface area (Å²) in [4.78, 5) is 31.2. The number of aromatic nitrogens is 4. The molecular formula is C30H42N6O4. The van der Waals surface area contributed by atoms with Crippen LogP contribution in [0.15, 0.2) is 42.3 Å². The zero-order valence-corrected chi connectivity index (χ0v) is 24.5. The number of carbonyl (C=O) groups excluding carboxylic acids is 2. The van der Waals surface area contributed by atoms with Crippen LogP contribution in [0.5, 0.6) is 0 Å². The van der Waals surface area contributed by atoms with Crippen molar-refractivity contribution < 1.29 is 19.4 Å². The first-order valence-electron chi connectivity index (χ1n) is 13.9. The Morgan fingerprint density at radius 2 is 1.93 bits per heavy atom. The van der Waals surface area contributed by atoms with Crippen LogP contribution in [-0.4, -0.2) is 60.5 Å². The first kappa shape index (κ1) is 30.7. The van der Waals surface area contributed by atoms with Crippen LogP contribution in [0.4, 0.5) is 4.79 Å². The Hall–Kier alpha value is -3.79. The SMILES string of the molecule is C/C=C(/C=C\C=C(/C)c1nnc2n1CCC2)NC(=O)c1cc2c(cn1)CCN(C(=O)OCC(C)(C)O)C2.CCC. The van der Waals surface area contributed by atoms with Gasteiger partial charge in [-0.3, -0.25) is 9.78 Å². The lowest BCUT2D eigenvalue weighted by molar-refractivity contribution is -0.00487. The second-order valence-electron chi connectivity index (χ2n) is 10.7. The molecule has 0 spiro atoms. The third-order valence-electron chi connectivity index (χ3n) is 6.29. The van der Waals surface area contributed by atoms with Crippen LogP contribution >= 0.6 is 0 Å². The second kappa shape index (κ2) is 14.0. The summed E-state index contributed by atoms with van der Waals surface area (Å²) in [5.74, 6) is 1.57. The van der Waals surface area contributed by atoms with E-state index in [9.17, 15) is 14.7 Å². The third kappa shape index (κ3) is 8.35. The summed E-state index contributed by atoms with van der Waals surface area (Å²) in [6, 6.07) is 1.72. The molecule has 10 nitrogen and oxygen atoms in total. The second-order valence-corrected chi connectivity index (χ2v) is 10.7. The molecule has 0 saturated heterocycles. The van der Waals surface area contributed by atoms with Crippen molar-refractivity contribution in [2.45, 2.75) is 85.9 Å². The van der Waals surface area contributed by atoms with E-state index in [4.69, 9.17) is 4.74 Å². The van der Waals surface area contributed by atoms with Crippen LogP contribution < -0.4 is 5.32 Å². The summed E-state index contributed by atoms with van der Waals surface area (Å²) >= 11 is 0. The Morgan fingerprint density at radius 3 is 2.62 bits per heavy atom. The number of fused-ring (bicyclic) bond motifs is 2. The molecule has 2 aliphatic rings. The van der Waals surface area contributed by atoms with Crippen molar-refractivity contribution in [3.05, 3.63) is 70.7 Å². The molecule has 216 valence electrons. The largest absolute Gasteiger partial charge is 0.446 e. The number of pyridine rings is 1. The van der Waals surface area contributed by atoms with Gasteiger partial charge in [0.2, 0.25) is 0 Å². The Kier molecular flexibility index (Phi) is 10.8. The predicted molar refractivity (Wildman–Crippen MR) is 154 cm³/mol. The molecule has 0 atom stereocenters. The molecule has 2 aliphatic heterocycles. The Bertz CT molecular complexity index is 1290. The maximum atomic E-state index is 12.9. The van der Waals surface area contributed by atoms with Gasteiger partial charge in [-0.2, -0.15) is 0 Å². The average Bonchev–Trinajstić information content (AvgIpc) is 3.55. The lowest BCUT2D eigenvalue weighted by Gasteiger charge is -2.29. The fourth-order valence-electron chi connectivity index (χ4n) is 4.27. The number of ether oxygens (including phenoxy) is 1. The normalized spacial score (nSPS) is 15.3. The van der Waals surface area contributed by atoms with Gasteiger partial charge in [0.15, 0.2) is 5.82 Å². The molecule has 10 heteroatoms. The van der Waals surface area contributed by atoms with Gasteiger partial charge >= 0.3 is 6.09 Å². The van der Waals surface area contributed by atoms with Crippen LogP contribution in [-0.2, 0) is 30.7 Å². The summed E-state index contributed by atoms with van der Waals surface area (Å²) < 4.78 is 7.37. The van der Waals surface area contributed by atoms with Gasteiger partial charge in [-0.05, 0) is 69.4 Å². The topological polar surface area (TPSA) is 122 Å². The lowest BCUT2D eigenvalue weighted by Crippen LogP contribution is -2.39. The molecule has 0 fully saturated rings. The number of hydrogen-bond donors (Lipinski definition) is 2. The van der Waals surface area contributed by atoms with E-state index in [2.05, 4.69) is 38.9 Å². The van der Waals surface area contributed by atoms with E-state index in [1.165, 1.54) is 6.42 Å². The van der Waals surface area contributed by atoms with E-state index in [1.54, 1.807) is 31.0 Å². The van der Waals surface area contributed by atoms with Crippen molar-refractivity contribution in [2.75, 3.05) is 13.2 Å². The van der Waals surface area contributed by atoms with Crippen molar-refractivity contribution in [3.63, 3.8) is 0 Å². The predicted octanol–water partition coefficient (Wildman–Crippen LogP) is 4.59. The van der Waals surface area contributed by atoms with Crippen LogP contribution in [0, 0.1) is 0 Å². The van der Waals surface area contributed by atoms with Crippen LogP contribution in [0.3, 0.4) is 0 Å². The number of nitrogens with zero attached hydrogens (tertiary/aromatic N) is 5. The van der Waals surface area contributed by atoms with E-state index in [0.717, 1.165) is 47.7 Å². The molecule has 0 bridgehead atoms. The molecule has 0 radical (unpaired) electrons. The van der Waals surface area contributed by atoms with Crippen molar-refractivity contribution >= 4 is 17.6 Å². The number of carbonyl (C=O) groups is 2. The van der Waals surface area contributed by atoms with Gasteiger partial charge in [0.05, 0.1) is 5.60 Å². The third-order valence-corrected chi connectivity index (χ3v) is 6.29. The average molecular weight is 551 g/mol. The number of aliphatic hydroxyl groups is 1. The molecule has 4 heterocycles. The molecule has 0 saturated carbocycles. The summed E-state index contributed by atoms with van der Waals surface area (Å²) in [5.41, 5.74) is 2.66. The zero-order chi connectivity index (χ0) is 29.3. The highest BCUT2D eigenvalue weighted by Gasteiger charge is 2.25. The van der Waals surface area contributed by atoms with Gasteiger partial charge in [-0.1, -0.05) is 38.5 Å². The highest BCUT2D eigenvalue weighted by molar-refractivity contribution is 5.94. The Balaban J connectivity index is 0.00000141. The zero-order valence-electron chi connectivity index (χ0n) is 24.5. The summed E-state index contributed by atoms with van der Waals surface area (Å²) in [6.45, 7) is 12.9. The van der Waals surface area contributed by atoms with Gasteiger partial charge in [0.1, 0.15) is 18.1 Å². The van der Waals surface area contributed by atoms with Gasteiger partial charge in [0, 0.05) is 37.9 Å². The van der Waals surface area contributed by atoms with Crippen LogP contribution in [0.2, 0.25) is 0 Å². The van der Waals surface area contributed by atoms with E-state index < -0.39 is 11.7 Å². The van der Waals surface area contributed by atoms with Gasteiger partial charge in [-0.15, -0.1) is 10.2 Å². The molecule has 0 unspecified atom stereocenters. The summed E-state index contributed by atoms with van der Waals surface area (Å²) in [5, 5.41) is 21.2. The molecule has 0 aromatic carbocycles. The maximum Gasteiger partial charge on any atom is 0.410 e. The molecule has 4 rings (SSSR count). The number of nitrogens with one attached hydrogen (secondary N) is 1. The standard InChI is InChI=1S/C27H34N6O4.C3H8/c1-5-21(9-6-8-18(2)24-31-30-23-10-7-12-33(23)24)29-25(34)22-14-20-16-32(13-11-19(20)15-28-22)26(35)37-17-27(3,4)36;1-3-2/h5-6,8-9,14-15,36H,7,10-13,16-17H2,1-4H3,(H,29,34);3H2,1-2H3/b9-6-,18-8+,21-5-;. The van der Waals surface area contributed by atoms with E-state index in [1.807, 2.05) is 38.2 Å². The minimum atomic E-state index is -1.09. The quantitative estimate of drug-likeness (QED) is 0.483.